The van der Waals surface area contributed by atoms with E-state index in [0.717, 1.165) is 5.56 Å². The second-order valence-corrected chi connectivity index (χ2v) is 4.69. The first kappa shape index (κ1) is 13.7. The summed E-state index contributed by atoms with van der Waals surface area (Å²) in [4.78, 5) is 12.0. The number of carbonyl (C=O) groups excluding carboxylic acids is 1. The number of Topliss-reactive ketones (excluding diaryl/α,β-unsaturated/α-hetero) is 1. The molecule has 0 aliphatic heterocycles. The molecule has 1 unspecified atom stereocenters. The third-order valence-corrected chi connectivity index (χ3v) is 3.16. The Bertz CT molecular complexity index is 586. The molecule has 0 aromatic heterocycles. The molecule has 0 amide bonds. The van der Waals surface area contributed by atoms with Crippen LogP contribution in [0.3, 0.4) is 0 Å². The number of benzene rings is 2. The zero-order valence-corrected chi connectivity index (χ0v) is 10.9. The fourth-order valence-corrected chi connectivity index (χ4v) is 2.01. The zero-order chi connectivity index (χ0) is 13.8. The van der Waals surface area contributed by atoms with Gasteiger partial charge in [-0.05, 0) is 23.3 Å². The highest BCUT2D eigenvalue weighted by Gasteiger charge is 2.16. The minimum Gasteiger partial charge on any atom is -0.318 e. The van der Waals surface area contributed by atoms with E-state index in [1.54, 1.807) is 12.1 Å². The molecule has 0 heterocycles. The molecule has 19 heavy (non-hydrogen) atoms. The minimum atomic E-state index is -0.676. The molecule has 0 aliphatic carbocycles. The van der Waals surface area contributed by atoms with Gasteiger partial charge in [-0.15, -0.1) is 0 Å². The van der Waals surface area contributed by atoms with Crippen molar-refractivity contribution < 1.29 is 9.18 Å². The van der Waals surface area contributed by atoms with Crippen LogP contribution >= 0.6 is 11.6 Å². The van der Waals surface area contributed by atoms with Crippen molar-refractivity contribution in [3.63, 3.8) is 0 Å². The first-order valence-electron chi connectivity index (χ1n) is 5.85. The molecule has 2 aromatic carbocycles. The summed E-state index contributed by atoms with van der Waals surface area (Å²) in [5, 5.41) is 0.0126. The molecule has 2 nitrogen and oxygen atoms in total. The largest absolute Gasteiger partial charge is 0.318 e. The number of carbonyl (C=O) groups is 1. The quantitative estimate of drug-likeness (QED) is 0.932. The van der Waals surface area contributed by atoms with Crippen molar-refractivity contribution >= 4 is 17.4 Å². The maximum absolute atomic E-state index is 13.0. The topological polar surface area (TPSA) is 43.1 Å². The Labute approximate surface area is 116 Å². The normalized spacial score (nSPS) is 12.2. The zero-order valence-electron chi connectivity index (χ0n) is 10.1. The van der Waals surface area contributed by atoms with Gasteiger partial charge >= 0.3 is 0 Å². The second-order valence-electron chi connectivity index (χ2n) is 4.28. The number of hydrogen-bond acceptors (Lipinski definition) is 2. The summed E-state index contributed by atoms with van der Waals surface area (Å²) >= 11 is 5.68. The summed E-state index contributed by atoms with van der Waals surface area (Å²) in [6, 6.07) is 12.7. The first-order chi connectivity index (χ1) is 9.08. The van der Waals surface area contributed by atoms with Crippen molar-refractivity contribution in [3.05, 3.63) is 70.5 Å². The van der Waals surface area contributed by atoms with Crippen LogP contribution in [0.25, 0.3) is 0 Å². The van der Waals surface area contributed by atoms with Crippen LogP contribution in [0.5, 0.6) is 0 Å². The Hall–Kier alpha value is -1.71. The van der Waals surface area contributed by atoms with Gasteiger partial charge in [0.2, 0.25) is 0 Å². The van der Waals surface area contributed by atoms with E-state index in [2.05, 4.69) is 0 Å². The van der Waals surface area contributed by atoms with E-state index >= 15 is 0 Å². The molecule has 0 fully saturated rings. The van der Waals surface area contributed by atoms with Crippen molar-refractivity contribution in [2.24, 2.45) is 5.73 Å². The lowest BCUT2D eigenvalue weighted by atomic mass is 9.98. The van der Waals surface area contributed by atoms with E-state index in [4.69, 9.17) is 17.3 Å². The molecule has 0 saturated heterocycles. The van der Waals surface area contributed by atoms with Crippen LogP contribution in [-0.4, -0.2) is 5.78 Å². The van der Waals surface area contributed by atoms with Gasteiger partial charge in [0, 0.05) is 6.42 Å². The predicted octanol–water partition coefficient (Wildman–Crippen LogP) is 3.29. The molecule has 2 rings (SSSR count). The fourth-order valence-electron chi connectivity index (χ4n) is 1.81. The van der Waals surface area contributed by atoms with Crippen LogP contribution in [0.4, 0.5) is 4.39 Å². The maximum atomic E-state index is 13.0. The van der Waals surface area contributed by atoms with Crippen LogP contribution < -0.4 is 5.73 Å². The molecule has 1 atom stereocenters. The van der Waals surface area contributed by atoms with Gasteiger partial charge in [0.05, 0.1) is 11.1 Å². The van der Waals surface area contributed by atoms with Crippen molar-refractivity contribution in [3.8, 4) is 0 Å². The first-order valence-corrected chi connectivity index (χ1v) is 6.23. The predicted molar refractivity (Wildman–Crippen MR) is 73.5 cm³/mol. The molecule has 0 bridgehead atoms. The van der Waals surface area contributed by atoms with E-state index in [-0.39, 0.29) is 17.2 Å². The van der Waals surface area contributed by atoms with Gasteiger partial charge in [-0.2, -0.15) is 0 Å². The highest BCUT2D eigenvalue weighted by Crippen LogP contribution is 2.18. The van der Waals surface area contributed by atoms with Crippen LogP contribution in [-0.2, 0) is 11.2 Å². The number of ketones is 1. The highest BCUT2D eigenvalue weighted by atomic mass is 35.5. The minimum absolute atomic E-state index is 0.0126. The Morgan fingerprint density at radius 3 is 2.53 bits per heavy atom. The molecule has 2 aromatic rings. The monoisotopic (exact) mass is 277 g/mol. The van der Waals surface area contributed by atoms with E-state index in [1.165, 1.54) is 18.2 Å². The molecule has 98 valence electrons. The maximum Gasteiger partial charge on any atom is 0.158 e. The Balaban J connectivity index is 2.10. The summed E-state index contributed by atoms with van der Waals surface area (Å²) in [5.41, 5.74) is 7.32. The van der Waals surface area contributed by atoms with Crippen molar-refractivity contribution in [1.82, 2.24) is 0 Å². The van der Waals surface area contributed by atoms with Gasteiger partial charge in [-0.3, -0.25) is 4.79 Å². The van der Waals surface area contributed by atoms with Gasteiger partial charge in [-0.25, -0.2) is 4.39 Å². The third kappa shape index (κ3) is 3.40. The summed E-state index contributed by atoms with van der Waals surface area (Å²) in [6.07, 6.45) is 0.135. The summed E-state index contributed by atoms with van der Waals surface area (Å²) in [6.45, 7) is 0. The van der Waals surface area contributed by atoms with Crippen LogP contribution in [0.2, 0.25) is 5.02 Å². The Morgan fingerprint density at radius 1 is 1.21 bits per heavy atom. The molecule has 0 saturated carbocycles. The molecular weight excluding hydrogens is 265 g/mol. The van der Waals surface area contributed by atoms with Gasteiger partial charge < -0.3 is 5.73 Å². The molecule has 4 heteroatoms. The lowest BCUT2D eigenvalue weighted by Gasteiger charge is -2.11. The molecular formula is C15H13ClFNO. The van der Waals surface area contributed by atoms with Gasteiger partial charge in [0.15, 0.2) is 5.78 Å². The lowest BCUT2D eigenvalue weighted by molar-refractivity contribution is -0.119. The highest BCUT2D eigenvalue weighted by molar-refractivity contribution is 6.30. The molecule has 0 spiro atoms. The summed E-state index contributed by atoms with van der Waals surface area (Å²) in [5.74, 6) is -0.626. The molecule has 2 N–H and O–H groups in total. The van der Waals surface area contributed by atoms with Gasteiger partial charge in [0.1, 0.15) is 5.82 Å². The SMILES string of the molecule is NC(C(=O)Cc1ccc(F)c(Cl)c1)c1ccccc1. The third-order valence-electron chi connectivity index (χ3n) is 2.87. The van der Waals surface area contributed by atoms with E-state index in [9.17, 15) is 9.18 Å². The summed E-state index contributed by atoms with van der Waals surface area (Å²) in [7, 11) is 0. The van der Waals surface area contributed by atoms with E-state index in [1.807, 2.05) is 18.2 Å². The summed E-state index contributed by atoms with van der Waals surface area (Å²) < 4.78 is 13.0. The van der Waals surface area contributed by atoms with Crippen molar-refractivity contribution in [1.29, 1.82) is 0 Å². The lowest BCUT2D eigenvalue weighted by Crippen LogP contribution is -2.23. The average Bonchev–Trinajstić information content (AvgIpc) is 2.43. The van der Waals surface area contributed by atoms with E-state index in [0.29, 0.717) is 5.56 Å². The average molecular weight is 278 g/mol. The Kier molecular flexibility index (Phi) is 4.30. The second kappa shape index (κ2) is 5.95. The van der Waals surface area contributed by atoms with Gasteiger partial charge in [-0.1, -0.05) is 48.0 Å². The fraction of sp³-hybridized carbons (Fsp3) is 0.133. The Morgan fingerprint density at radius 2 is 1.89 bits per heavy atom. The van der Waals surface area contributed by atoms with Gasteiger partial charge in [0.25, 0.3) is 0 Å². The van der Waals surface area contributed by atoms with Crippen LogP contribution in [0.1, 0.15) is 17.2 Å². The number of halogens is 2. The molecule has 0 radical (unpaired) electrons. The van der Waals surface area contributed by atoms with Crippen LogP contribution in [0.15, 0.2) is 48.5 Å². The standard InChI is InChI=1S/C15H13ClFNO/c16-12-8-10(6-7-13(12)17)9-14(19)15(18)11-4-2-1-3-5-11/h1-8,15H,9,18H2. The van der Waals surface area contributed by atoms with Crippen molar-refractivity contribution in [2.45, 2.75) is 12.5 Å². The number of rotatable bonds is 4. The van der Waals surface area contributed by atoms with Crippen LogP contribution in [0, 0.1) is 5.82 Å². The van der Waals surface area contributed by atoms with E-state index < -0.39 is 11.9 Å². The van der Waals surface area contributed by atoms with Crippen molar-refractivity contribution in [2.75, 3.05) is 0 Å². The number of hydrogen-bond donors (Lipinski definition) is 1. The number of nitrogens with two attached hydrogens (primary N) is 1. The smallest absolute Gasteiger partial charge is 0.158 e. The molecule has 0 aliphatic rings.